The third-order valence-corrected chi connectivity index (χ3v) is 3.31. The van der Waals surface area contributed by atoms with Crippen molar-refractivity contribution in [1.82, 2.24) is 21.3 Å². The van der Waals surface area contributed by atoms with Crippen LogP contribution in [0, 0.1) is 0 Å². The summed E-state index contributed by atoms with van der Waals surface area (Å²) in [5, 5.41) is 27.7. The largest absolute Gasteiger partial charge is 0.481 e. The van der Waals surface area contributed by atoms with Crippen LogP contribution in [0.2, 0.25) is 0 Å². The number of nitrogens with two attached hydrogens (primary N) is 1. The molecule has 0 aromatic carbocycles. The van der Waals surface area contributed by atoms with Crippen LogP contribution < -0.4 is 27.0 Å². The molecule has 0 heterocycles. The Morgan fingerprint density at radius 3 is 1.71 bits per heavy atom. The van der Waals surface area contributed by atoms with Crippen molar-refractivity contribution in [2.24, 2.45) is 5.73 Å². The second-order valence-corrected chi connectivity index (χ2v) is 5.00. The molecule has 0 aliphatic heterocycles. The van der Waals surface area contributed by atoms with Crippen molar-refractivity contribution < 1.29 is 29.4 Å². The van der Waals surface area contributed by atoms with Crippen molar-refractivity contribution in [3.63, 3.8) is 0 Å². The lowest BCUT2D eigenvalue weighted by molar-refractivity contribution is -0.142. The molecule has 1 unspecified atom stereocenters. The average Bonchev–Trinajstić information content (AvgIpc) is 2.69. The molecule has 0 aromatic heterocycles. The summed E-state index contributed by atoms with van der Waals surface area (Å²) in [5.74, 6) is -3.54. The Morgan fingerprint density at radius 1 is 0.857 bits per heavy atom. The van der Waals surface area contributed by atoms with Gasteiger partial charge in [0.25, 0.3) is 0 Å². The molecule has 0 rings (SSSR count). The van der Waals surface area contributed by atoms with E-state index < -0.39 is 41.9 Å². The Bertz CT molecular complexity index is 457. The molecule has 3 atom stereocenters. The molecule has 0 fully saturated rings. The van der Waals surface area contributed by atoms with Gasteiger partial charge in [-0.15, -0.1) is 0 Å². The van der Waals surface area contributed by atoms with E-state index in [0.717, 1.165) is 0 Å². The quantitative estimate of drug-likeness (QED) is 0.207. The van der Waals surface area contributed by atoms with Crippen LogP contribution in [0.25, 0.3) is 0 Å². The van der Waals surface area contributed by atoms with Crippen LogP contribution in [0.1, 0.15) is 40.5 Å². The Balaban J connectivity index is -0.00000146. The summed E-state index contributed by atoms with van der Waals surface area (Å²) in [7, 11) is 3.00. The zero-order valence-electron chi connectivity index (χ0n) is 17.7. The van der Waals surface area contributed by atoms with Gasteiger partial charge < -0.3 is 37.2 Å². The first-order chi connectivity index (χ1) is 13.3. The average molecular weight is 408 g/mol. The fourth-order valence-electron chi connectivity index (χ4n) is 1.83. The van der Waals surface area contributed by atoms with Crippen molar-refractivity contribution in [2.45, 2.75) is 58.7 Å². The van der Waals surface area contributed by atoms with Crippen molar-refractivity contribution in [3.8, 4) is 0 Å². The second kappa shape index (κ2) is 19.5. The molecule has 166 valence electrons. The molecule has 0 aliphatic carbocycles. The van der Waals surface area contributed by atoms with Gasteiger partial charge in [0.05, 0.1) is 12.1 Å². The third kappa shape index (κ3) is 13.9. The smallest absolute Gasteiger partial charge is 0.328 e. The van der Waals surface area contributed by atoms with Crippen LogP contribution in [-0.2, 0) is 19.2 Å². The molecule has 28 heavy (non-hydrogen) atoms. The van der Waals surface area contributed by atoms with Gasteiger partial charge in [0.2, 0.25) is 11.8 Å². The van der Waals surface area contributed by atoms with E-state index in [9.17, 15) is 19.2 Å². The summed E-state index contributed by atoms with van der Waals surface area (Å²) in [6.45, 7) is 7.71. The van der Waals surface area contributed by atoms with Crippen LogP contribution in [0.15, 0.2) is 0 Å². The zero-order chi connectivity index (χ0) is 22.7. The Kier molecular flexibility index (Phi) is 21.3. The van der Waals surface area contributed by atoms with Crippen LogP contribution in [0.3, 0.4) is 0 Å². The van der Waals surface area contributed by atoms with E-state index in [-0.39, 0.29) is 25.9 Å². The topological polar surface area (TPSA) is 183 Å². The van der Waals surface area contributed by atoms with Gasteiger partial charge in [-0.2, -0.15) is 0 Å². The molecule has 0 aromatic rings. The van der Waals surface area contributed by atoms with Crippen LogP contribution in [0.4, 0.5) is 0 Å². The van der Waals surface area contributed by atoms with E-state index in [1.165, 1.54) is 14.1 Å². The molecule has 0 saturated carbocycles. The van der Waals surface area contributed by atoms with Crippen molar-refractivity contribution in [1.29, 1.82) is 0 Å². The third-order valence-electron chi connectivity index (χ3n) is 3.31. The standard InChI is InChI=1S/C13H25N5O6.2C2H6/c1-15-7(3-4-10(19)20)12(22)18-9(13(23)24)6-17-11(21)8(5-14)16-2;2*1-2/h7-9,15-16H,3-6,14H2,1-2H3,(H,17,21)(H,18,22)(H,19,20)(H,23,24);2*1-2H3/t7-,8-,9?;;/m0../s1. The number of rotatable bonds is 12. The first-order valence-electron chi connectivity index (χ1n) is 9.34. The van der Waals surface area contributed by atoms with Gasteiger partial charge in [0.1, 0.15) is 6.04 Å². The van der Waals surface area contributed by atoms with Gasteiger partial charge in [-0.05, 0) is 20.5 Å². The summed E-state index contributed by atoms with van der Waals surface area (Å²) in [5.41, 5.74) is 5.38. The SMILES string of the molecule is CC.CC.CN[C@@H](CN)C(=O)NCC(NC(=O)[C@H](CCC(=O)O)NC)C(=O)O. The molecular weight excluding hydrogens is 370 g/mol. The Labute approximate surface area is 166 Å². The molecular formula is C17H37N5O6. The van der Waals surface area contributed by atoms with Gasteiger partial charge in [-0.1, -0.05) is 27.7 Å². The number of carboxylic acid groups (broad SMARTS) is 2. The van der Waals surface area contributed by atoms with Gasteiger partial charge in [0.15, 0.2) is 0 Å². The monoisotopic (exact) mass is 407 g/mol. The van der Waals surface area contributed by atoms with E-state index in [1.807, 2.05) is 27.7 Å². The van der Waals surface area contributed by atoms with Crippen LogP contribution in [0.5, 0.6) is 0 Å². The Morgan fingerprint density at radius 2 is 1.36 bits per heavy atom. The maximum Gasteiger partial charge on any atom is 0.328 e. The fraction of sp³-hybridized carbons (Fsp3) is 0.765. The highest BCUT2D eigenvalue weighted by atomic mass is 16.4. The number of aliphatic carboxylic acids is 2. The number of likely N-dealkylation sites (N-methyl/N-ethyl adjacent to an activating group) is 2. The summed E-state index contributed by atoms with van der Waals surface area (Å²) in [6, 6.07) is -2.87. The van der Waals surface area contributed by atoms with Crippen LogP contribution >= 0.6 is 0 Å². The number of hydrogen-bond acceptors (Lipinski definition) is 7. The van der Waals surface area contributed by atoms with E-state index >= 15 is 0 Å². The minimum absolute atomic E-state index is 0.00532. The highest BCUT2D eigenvalue weighted by Gasteiger charge is 2.26. The Hall–Kier alpha value is -2.24. The van der Waals surface area contributed by atoms with Crippen molar-refractivity contribution in [3.05, 3.63) is 0 Å². The minimum atomic E-state index is -1.35. The lowest BCUT2D eigenvalue weighted by Crippen LogP contribution is -2.55. The number of carbonyl (C=O) groups is 4. The highest BCUT2D eigenvalue weighted by molar-refractivity contribution is 5.88. The molecule has 11 heteroatoms. The molecule has 0 radical (unpaired) electrons. The summed E-state index contributed by atoms with van der Waals surface area (Å²) >= 11 is 0. The first-order valence-corrected chi connectivity index (χ1v) is 9.34. The predicted octanol–water partition coefficient (Wildman–Crippen LogP) is -1.28. The van der Waals surface area contributed by atoms with E-state index in [2.05, 4.69) is 21.3 Å². The molecule has 0 saturated heterocycles. The normalized spacial score (nSPS) is 12.7. The van der Waals surface area contributed by atoms with Gasteiger partial charge in [0, 0.05) is 19.5 Å². The van der Waals surface area contributed by atoms with E-state index in [4.69, 9.17) is 15.9 Å². The fourth-order valence-corrected chi connectivity index (χ4v) is 1.83. The molecule has 11 nitrogen and oxygen atoms in total. The second-order valence-electron chi connectivity index (χ2n) is 5.00. The zero-order valence-corrected chi connectivity index (χ0v) is 17.7. The maximum atomic E-state index is 12.0. The number of carboxylic acids is 2. The van der Waals surface area contributed by atoms with Gasteiger partial charge >= 0.3 is 11.9 Å². The molecule has 0 bridgehead atoms. The van der Waals surface area contributed by atoms with Gasteiger partial charge in [-0.3, -0.25) is 14.4 Å². The number of hydrogen-bond donors (Lipinski definition) is 7. The number of carbonyl (C=O) groups excluding carboxylic acids is 2. The lowest BCUT2D eigenvalue weighted by Gasteiger charge is -2.21. The molecule has 0 spiro atoms. The van der Waals surface area contributed by atoms with Crippen molar-refractivity contribution >= 4 is 23.8 Å². The van der Waals surface area contributed by atoms with Crippen LogP contribution in [-0.4, -0.2) is 79.3 Å². The van der Waals surface area contributed by atoms with E-state index in [1.54, 1.807) is 0 Å². The molecule has 2 amide bonds. The summed E-state index contributed by atoms with van der Waals surface area (Å²) < 4.78 is 0. The summed E-state index contributed by atoms with van der Waals surface area (Å²) in [4.78, 5) is 45.5. The van der Waals surface area contributed by atoms with Crippen molar-refractivity contribution in [2.75, 3.05) is 27.2 Å². The minimum Gasteiger partial charge on any atom is -0.481 e. The van der Waals surface area contributed by atoms with Gasteiger partial charge in [-0.25, -0.2) is 4.79 Å². The number of nitrogens with one attached hydrogen (secondary N) is 4. The molecule has 0 aliphatic rings. The molecule has 8 N–H and O–H groups in total. The number of amides is 2. The maximum absolute atomic E-state index is 12.0. The first kappa shape index (κ1) is 30.5. The lowest BCUT2D eigenvalue weighted by atomic mass is 10.1. The van der Waals surface area contributed by atoms with E-state index in [0.29, 0.717) is 0 Å². The predicted molar refractivity (Wildman–Crippen MR) is 107 cm³/mol. The highest BCUT2D eigenvalue weighted by Crippen LogP contribution is 1.98. The summed E-state index contributed by atoms with van der Waals surface area (Å²) in [6.07, 6.45) is -0.237.